The van der Waals surface area contributed by atoms with Crippen molar-refractivity contribution in [2.24, 2.45) is 0 Å². The van der Waals surface area contributed by atoms with Crippen LogP contribution in [0.15, 0.2) is 60.0 Å². The van der Waals surface area contributed by atoms with Crippen molar-refractivity contribution in [3.05, 3.63) is 81.8 Å². The van der Waals surface area contributed by atoms with E-state index in [0.717, 1.165) is 10.7 Å². The number of carbonyl (C=O) groups is 2. The standard InChI is InChI=1S/C20H17NO4S/c1-14-21-17(13-26-14)11-25-19(22)12-24-18-9-7-16(8-10-18)20(23)15-5-3-2-4-6-15/h2-10,13H,11-12H2,1H3. The maximum Gasteiger partial charge on any atom is 0.344 e. The second-order valence-corrected chi connectivity index (χ2v) is 6.59. The van der Waals surface area contributed by atoms with Crippen LogP contribution in [-0.2, 0) is 16.1 Å². The summed E-state index contributed by atoms with van der Waals surface area (Å²) in [5.41, 5.74) is 1.91. The molecule has 0 spiro atoms. The van der Waals surface area contributed by atoms with Crippen molar-refractivity contribution in [3.63, 3.8) is 0 Å². The molecule has 1 heterocycles. The van der Waals surface area contributed by atoms with Gasteiger partial charge in [0.05, 0.1) is 10.7 Å². The van der Waals surface area contributed by atoms with E-state index < -0.39 is 5.97 Å². The van der Waals surface area contributed by atoms with Gasteiger partial charge in [0.25, 0.3) is 0 Å². The summed E-state index contributed by atoms with van der Waals surface area (Å²) in [5.74, 6) is -0.0359. The zero-order chi connectivity index (χ0) is 18.4. The molecule has 3 rings (SSSR count). The quantitative estimate of drug-likeness (QED) is 0.469. The lowest BCUT2D eigenvalue weighted by atomic mass is 10.0. The van der Waals surface area contributed by atoms with E-state index in [0.29, 0.717) is 16.9 Å². The highest BCUT2D eigenvalue weighted by molar-refractivity contribution is 7.09. The minimum atomic E-state index is -0.472. The molecule has 0 N–H and O–H groups in total. The van der Waals surface area contributed by atoms with Gasteiger partial charge in [-0.1, -0.05) is 30.3 Å². The summed E-state index contributed by atoms with van der Waals surface area (Å²) in [6.45, 7) is 1.83. The molecular weight excluding hydrogens is 350 g/mol. The van der Waals surface area contributed by atoms with Crippen molar-refractivity contribution >= 4 is 23.1 Å². The highest BCUT2D eigenvalue weighted by atomic mass is 32.1. The van der Waals surface area contributed by atoms with Gasteiger partial charge in [-0.2, -0.15) is 0 Å². The lowest BCUT2D eigenvalue weighted by Crippen LogP contribution is -2.15. The highest BCUT2D eigenvalue weighted by Crippen LogP contribution is 2.16. The summed E-state index contributed by atoms with van der Waals surface area (Å²) in [5, 5.41) is 2.78. The molecule has 0 bridgehead atoms. The first kappa shape index (κ1) is 17.8. The number of benzene rings is 2. The van der Waals surface area contributed by atoms with E-state index >= 15 is 0 Å². The Kier molecular flexibility index (Phi) is 5.76. The lowest BCUT2D eigenvalue weighted by molar-refractivity contribution is -0.147. The Balaban J connectivity index is 1.49. The second kappa shape index (κ2) is 8.40. The maximum atomic E-state index is 12.3. The molecule has 0 atom stereocenters. The number of carbonyl (C=O) groups excluding carboxylic acids is 2. The Bertz CT molecular complexity index is 888. The largest absolute Gasteiger partial charge is 0.482 e. The van der Waals surface area contributed by atoms with Gasteiger partial charge in [-0.05, 0) is 31.2 Å². The third kappa shape index (κ3) is 4.77. The molecule has 132 valence electrons. The van der Waals surface area contributed by atoms with E-state index in [9.17, 15) is 9.59 Å². The third-order valence-corrected chi connectivity index (χ3v) is 4.38. The number of aromatic nitrogens is 1. The first-order valence-corrected chi connectivity index (χ1v) is 8.89. The number of aryl methyl sites for hydroxylation is 1. The average Bonchev–Trinajstić information content (AvgIpc) is 3.10. The maximum absolute atomic E-state index is 12.3. The number of hydrogen-bond acceptors (Lipinski definition) is 6. The van der Waals surface area contributed by atoms with E-state index in [4.69, 9.17) is 9.47 Å². The SMILES string of the molecule is Cc1nc(COC(=O)COc2ccc(C(=O)c3ccccc3)cc2)cs1. The predicted octanol–water partition coefficient (Wildman–Crippen LogP) is 3.80. The van der Waals surface area contributed by atoms with Crippen molar-refractivity contribution in [1.29, 1.82) is 0 Å². The van der Waals surface area contributed by atoms with Gasteiger partial charge in [-0.3, -0.25) is 4.79 Å². The van der Waals surface area contributed by atoms with Crippen LogP contribution < -0.4 is 4.74 Å². The summed E-state index contributed by atoms with van der Waals surface area (Å²) < 4.78 is 10.5. The molecule has 5 nitrogen and oxygen atoms in total. The Labute approximate surface area is 155 Å². The van der Waals surface area contributed by atoms with E-state index in [1.807, 2.05) is 30.5 Å². The number of nitrogens with zero attached hydrogens (tertiary/aromatic N) is 1. The minimum Gasteiger partial charge on any atom is -0.482 e. The third-order valence-electron chi connectivity index (χ3n) is 3.56. The van der Waals surface area contributed by atoms with Crippen molar-refractivity contribution in [3.8, 4) is 5.75 Å². The van der Waals surface area contributed by atoms with Gasteiger partial charge >= 0.3 is 5.97 Å². The van der Waals surface area contributed by atoms with Crippen molar-refractivity contribution in [2.75, 3.05) is 6.61 Å². The summed E-state index contributed by atoms with van der Waals surface area (Å²) in [4.78, 5) is 28.3. The van der Waals surface area contributed by atoms with Crippen LogP contribution in [0, 0.1) is 6.92 Å². The van der Waals surface area contributed by atoms with Crippen LogP contribution in [0.1, 0.15) is 26.6 Å². The summed E-state index contributed by atoms with van der Waals surface area (Å²) in [7, 11) is 0. The number of ether oxygens (including phenoxy) is 2. The van der Waals surface area contributed by atoms with Crippen LogP contribution in [0.5, 0.6) is 5.75 Å². The molecule has 0 saturated heterocycles. The van der Waals surface area contributed by atoms with Crippen molar-refractivity contribution in [2.45, 2.75) is 13.5 Å². The van der Waals surface area contributed by atoms with Crippen LogP contribution in [0.2, 0.25) is 0 Å². The molecule has 0 aliphatic carbocycles. The van der Waals surface area contributed by atoms with E-state index in [1.54, 1.807) is 36.4 Å². The number of thiazole rings is 1. The van der Waals surface area contributed by atoms with Gasteiger partial charge in [0.15, 0.2) is 12.4 Å². The Morgan fingerprint density at radius 2 is 1.69 bits per heavy atom. The van der Waals surface area contributed by atoms with Gasteiger partial charge in [-0.25, -0.2) is 9.78 Å². The molecule has 0 radical (unpaired) electrons. The zero-order valence-corrected chi connectivity index (χ0v) is 15.0. The Morgan fingerprint density at radius 1 is 1.00 bits per heavy atom. The van der Waals surface area contributed by atoms with Crippen molar-refractivity contribution < 1.29 is 19.1 Å². The summed E-state index contributed by atoms with van der Waals surface area (Å²) in [6.07, 6.45) is 0. The molecule has 3 aromatic rings. The second-order valence-electron chi connectivity index (χ2n) is 5.53. The molecule has 1 aromatic heterocycles. The van der Waals surface area contributed by atoms with E-state index in [-0.39, 0.29) is 19.0 Å². The monoisotopic (exact) mass is 367 g/mol. The summed E-state index contributed by atoms with van der Waals surface area (Å²) >= 11 is 1.51. The van der Waals surface area contributed by atoms with Crippen LogP contribution in [0.25, 0.3) is 0 Å². The molecule has 0 saturated carbocycles. The molecule has 0 aliphatic rings. The Morgan fingerprint density at radius 3 is 2.35 bits per heavy atom. The molecule has 0 aliphatic heterocycles. The van der Waals surface area contributed by atoms with Gasteiger partial charge < -0.3 is 9.47 Å². The Hall–Kier alpha value is -2.99. The lowest BCUT2D eigenvalue weighted by Gasteiger charge is -2.07. The van der Waals surface area contributed by atoms with Crippen LogP contribution >= 0.6 is 11.3 Å². The topological polar surface area (TPSA) is 65.5 Å². The van der Waals surface area contributed by atoms with Gasteiger partial charge in [0.1, 0.15) is 12.4 Å². The molecule has 0 unspecified atom stereocenters. The number of rotatable bonds is 7. The fraction of sp³-hybridized carbons (Fsp3) is 0.150. The van der Waals surface area contributed by atoms with Crippen LogP contribution in [-0.4, -0.2) is 23.3 Å². The fourth-order valence-corrected chi connectivity index (χ4v) is 2.87. The minimum absolute atomic E-state index is 0.0601. The van der Waals surface area contributed by atoms with Gasteiger partial charge in [0, 0.05) is 16.5 Å². The summed E-state index contributed by atoms with van der Waals surface area (Å²) in [6, 6.07) is 15.7. The fourth-order valence-electron chi connectivity index (χ4n) is 2.27. The van der Waals surface area contributed by atoms with Gasteiger partial charge in [0.2, 0.25) is 0 Å². The average molecular weight is 367 g/mol. The first-order chi connectivity index (χ1) is 12.6. The van der Waals surface area contributed by atoms with E-state index in [1.165, 1.54) is 11.3 Å². The van der Waals surface area contributed by atoms with Crippen molar-refractivity contribution in [1.82, 2.24) is 4.98 Å². The number of esters is 1. The van der Waals surface area contributed by atoms with E-state index in [2.05, 4.69) is 4.98 Å². The van der Waals surface area contributed by atoms with Gasteiger partial charge in [-0.15, -0.1) is 11.3 Å². The molecule has 2 aromatic carbocycles. The molecule has 6 heteroatoms. The number of ketones is 1. The smallest absolute Gasteiger partial charge is 0.344 e. The molecular formula is C20H17NO4S. The molecule has 0 amide bonds. The normalized spacial score (nSPS) is 10.3. The molecule has 26 heavy (non-hydrogen) atoms. The zero-order valence-electron chi connectivity index (χ0n) is 14.2. The van der Waals surface area contributed by atoms with Crippen LogP contribution in [0.4, 0.5) is 0 Å². The first-order valence-electron chi connectivity index (χ1n) is 8.01. The predicted molar refractivity (Wildman–Crippen MR) is 98.5 cm³/mol. The number of hydrogen-bond donors (Lipinski definition) is 0. The molecule has 0 fully saturated rings. The highest BCUT2D eigenvalue weighted by Gasteiger charge is 2.10. The van der Waals surface area contributed by atoms with Crippen LogP contribution in [0.3, 0.4) is 0 Å².